The summed E-state index contributed by atoms with van der Waals surface area (Å²) in [5, 5.41) is 2.45. The summed E-state index contributed by atoms with van der Waals surface area (Å²) in [5.74, 6) is -1.25. The third kappa shape index (κ3) is 6.44. The number of nitrogens with two attached hydrogens (primary N) is 2. The van der Waals surface area contributed by atoms with E-state index < -0.39 is 33.9 Å². The molecule has 0 saturated carbocycles. The fraction of sp³-hybridized carbons (Fsp3) is 0.833. The van der Waals surface area contributed by atoms with Crippen molar-refractivity contribution in [3.05, 3.63) is 0 Å². The number of thiol groups is 1. The second-order valence-corrected chi connectivity index (χ2v) is 6.19. The molecule has 0 aromatic rings. The Bertz CT molecular complexity index is 390. The monoisotopic (exact) mass is 306 g/mol. The molecule has 0 bridgehead atoms. The lowest BCUT2D eigenvalue weighted by Crippen LogP contribution is -2.59. The maximum atomic E-state index is 12.2. The molecule has 1 radical (unpaired) electrons. The average molecular weight is 306 g/mol. The van der Waals surface area contributed by atoms with E-state index in [-0.39, 0.29) is 12.3 Å². The smallest absolute Gasteiger partial charge is 0.241 e. The highest BCUT2D eigenvalue weighted by atomic mass is 32.2. The molecule has 2 atom stereocenters. The number of hydrogen-bond donors (Lipinski definition) is 4. The van der Waals surface area contributed by atoms with Gasteiger partial charge in [0, 0.05) is 0 Å². The molecule has 0 unspecified atom stereocenters. The molecule has 0 heterocycles. The molecule has 20 heavy (non-hydrogen) atoms. The van der Waals surface area contributed by atoms with Gasteiger partial charge in [0.1, 0.15) is 16.2 Å². The van der Waals surface area contributed by atoms with Crippen LogP contribution < -0.4 is 16.8 Å². The SMILES string of the molecule is CC(C)[C@@H]([C]=O)NC(=O)[C@](N)(CCCCN)C[SH](=O)=O. The van der Waals surface area contributed by atoms with Crippen LogP contribution in [0, 0.1) is 5.92 Å². The molecule has 1 amide bonds. The molecular weight excluding hydrogens is 282 g/mol. The van der Waals surface area contributed by atoms with E-state index in [0.717, 1.165) is 0 Å². The first-order valence-corrected chi connectivity index (χ1v) is 7.92. The van der Waals surface area contributed by atoms with E-state index >= 15 is 0 Å². The Kier molecular flexibility index (Phi) is 8.59. The number of unbranched alkanes of at least 4 members (excludes halogenated alkanes) is 1. The van der Waals surface area contributed by atoms with Crippen LogP contribution in [0.1, 0.15) is 33.1 Å². The molecule has 0 aromatic carbocycles. The predicted molar refractivity (Wildman–Crippen MR) is 77.5 cm³/mol. The standard InChI is InChI=1S/C12H24N3O4S/c1-9(2)10(7-16)15-11(17)12(14,8-20(18)19)5-3-4-6-13/h9-10,20H,3-6,8,13-14H2,1-2H3,(H,15,17)/t10-,12+/m1/s1. The second-order valence-electron chi connectivity index (χ2n) is 5.21. The molecule has 0 aliphatic rings. The quantitative estimate of drug-likeness (QED) is 0.292. The van der Waals surface area contributed by atoms with Crippen molar-refractivity contribution in [2.45, 2.75) is 44.7 Å². The summed E-state index contributed by atoms with van der Waals surface area (Å²) in [6.07, 6.45) is 3.10. The summed E-state index contributed by atoms with van der Waals surface area (Å²) >= 11 is 0. The van der Waals surface area contributed by atoms with Gasteiger partial charge in [-0.1, -0.05) is 13.8 Å². The molecule has 7 nitrogen and oxygen atoms in total. The van der Waals surface area contributed by atoms with Crippen LogP contribution >= 0.6 is 0 Å². The predicted octanol–water partition coefficient (Wildman–Crippen LogP) is -1.33. The largest absolute Gasteiger partial charge is 0.344 e. The molecule has 117 valence electrons. The van der Waals surface area contributed by atoms with Gasteiger partial charge in [-0.2, -0.15) is 0 Å². The third-order valence-corrected chi connectivity index (χ3v) is 3.84. The lowest BCUT2D eigenvalue weighted by Gasteiger charge is -2.28. The van der Waals surface area contributed by atoms with Gasteiger partial charge in [0.15, 0.2) is 0 Å². The van der Waals surface area contributed by atoms with Crippen LogP contribution in [0.2, 0.25) is 0 Å². The van der Waals surface area contributed by atoms with E-state index in [1.165, 1.54) is 0 Å². The van der Waals surface area contributed by atoms with Crippen molar-refractivity contribution in [2.24, 2.45) is 17.4 Å². The zero-order valence-corrected chi connectivity index (χ0v) is 12.8. The van der Waals surface area contributed by atoms with E-state index in [9.17, 15) is 18.0 Å². The number of amides is 1. The van der Waals surface area contributed by atoms with Crippen LogP contribution in [0.4, 0.5) is 0 Å². The maximum absolute atomic E-state index is 12.2. The molecule has 0 fully saturated rings. The molecule has 0 spiro atoms. The van der Waals surface area contributed by atoms with Crippen molar-refractivity contribution in [3.63, 3.8) is 0 Å². The zero-order valence-electron chi connectivity index (χ0n) is 11.9. The molecule has 0 aliphatic heterocycles. The molecule has 0 saturated heterocycles. The van der Waals surface area contributed by atoms with Crippen LogP contribution in [0.25, 0.3) is 0 Å². The first-order chi connectivity index (χ1) is 9.26. The third-order valence-electron chi connectivity index (χ3n) is 3.02. The first-order valence-electron chi connectivity index (χ1n) is 6.56. The van der Waals surface area contributed by atoms with E-state index in [4.69, 9.17) is 11.5 Å². The number of carbonyl (C=O) groups excluding carboxylic acids is 2. The number of hydrogen-bond acceptors (Lipinski definition) is 6. The fourth-order valence-corrected chi connectivity index (χ4v) is 2.46. The van der Waals surface area contributed by atoms with Crippen molar-refractivity contribution in [1.29, 1.82) is 0 Å². The van der Waals surface area contributed by atoms with Crippen LogP contribution in [-0.4, -0.2) is 44.5 Å². The summed E-state index contributed by atoms with van der Waals surface area (Å²) in [4.78, 5) is 22.9. The minimum atomic E-state index is -2.80. The summed E-state index contributed by atoms with van der Waals surface area (Å²) in [7, 11) is -2.80. The summed E-state index contributed by atoms with van der Waals surface area (Å²) < 4.78 is 21.8. The van der Waals surface area contributed by atoms with Gasteiger partial charge >= 0.3 is 0 Å². The van der Waals surface area contributed by atoms with Crippen LogP contribution in [0.15, 0.2) is 0 Å². The second kappa shape index (κ2) is 9.04. The lowest BCUT2D eigenvalue weighted by atomic mass is 9.93. The van der Waals surface area contributed by atoms with E-state index in [0.29, 0.717) is 19.4 Å². The topological polar surface area (TPSA) is 132 Å². The van der Waals surface area contributed by atoms with E-state index in [2.05, 4.69) is 5.32 Å². The van der Waals surface area contributed by atoms with Gasteiger partial charge in [-0.3, -0.25) is 9.59 Å². The van der Waals surface area contributed by atoms with Gasteiger partial charge < -0.3 is 16.8 Å². The van der Waals surface area contributed by atoms with Gasteiger partial charge in [-0.05, 0) is 31.7 Å². The highest BCUT2D eigenvalue weighted by Crippen LogP contribution is 2.13. The normalized spacial score (nSPS) is 15.9. The van der Waals surface area contributed by atoms with E-state index in [1.54, 1.807) is 20.1 Å². The summed E-state index contributed by atoms with van der Waals surface area (Å²) in [6, 6.07) is -0.801. The number of nitrogens with one attached hydrogen (secondary N) is 1. The fourth-order valence-electron chi connectivity index (χ4n) is 1.70. The lowest BCUT2D eigenvalue weighted by molar-refractivity contribution is -0.126. The summed E-state index contributed by atoms with van der Waals surface area (Å²) in [5.41, 5.74) is 9.75. The minimum Gasteiger partial charge on any atom is -0.344 e. The van der Waals surface area contributed by atoms with Crippen molar-refractivity contribution < 1.29 is 18.0 Å². The Balaban J connectivity index is 4.91. The van der Waals surface area contributed by atoms with Gasteiger partial charge in [0.25, 0.3) is 0 Å². The highest BCUT2D eigenvalue weighted by molar-refractivity contribution is 7.72. The Hall–Kier alpha value is -0.990. The highest BCUT2D eigenvalue weighted by Gasteiger charge is 2.36. The molecule has 0 rings (SSSR count). The molecule has 0 aliphatic carbocycles. The van der Waals surface area contributed by atoms with Crippen molar-refractivity contribution in [1.82, 2.24) is 5.32 Å². The summed E-state index contributed by atoms with van der Waals surface area (Å²) in [6.45, 7) is 3.94. The Morgan fingerprint density at radius 3 is 2.35 bits per heavy atom. The minimum absolute atomic E-state index is 0.147. The zero-order chi connectivity index (χ0) is 15.8. The van der Waals surface area contributed by atoms with Gasteiger partial charge in [-0.25, -0.2) is 8.42 Å². The molecule has 0 aromatic heterocycles. The number of carbonyl (C=O) groups is 1. The van der Waals surface area contributed by atoms with Crippen molar-refractivity contribution in [2.75, 3.05) is 12.3 Å². The van der Waals surface area contributed by atoms with Crippen LogP contribution in [-0.2, 0) is 20.3 Å². The van der Waals surface area contributed by atoms with Crippen LogP contribution in [0.3, 0.4) is 0 Å². The number of rotatable bonds is 10. The van der Waals surface area contributed by atoms with Gasteiger partial charge in [0.2, 0.25) is 12.2 Å². The Morgan fingerprint density at radius 1 is 1.35 bits per heavy atom. The van der Waals surface area contributed by atoms with Crippen molar-refractivity contribution in [3.8, 4) is 0 Å². The van der Waals surface area contributed by atoms with Gasteiger partial charge in [-0.15, -0.1) is 0 Å². The maximum Gasteiger partial charge on any atom is 0.241 e. The van der Waals surface area contributed by atoms with Crippen molar-refractivity contribution >= 4 is 22.9 Å². The van der Waals surface area contributed by atoms with Gasteiger partial charge in [0.05, 0.1) is 11.8 Å². The Morgan fingerprint density at radius 2 is 1.95 bits per heavy atom. The average Bonchev–Trinajstić information content (AvgIpc) is 2.34. The molecule has 5 N–H and O–H groups in total. The molecule has 8 heteroatoms. The Labute approximate surface area is 121 Å². The van der Waals surface area contributed by atoms with E-state index in [1.807, 2.05) is 0 Å². The van der Waals surface area contributed by atoms with Crippen LogP contribution in [0.5, 0.6) is 0 Å². The first kappa shape index (κ1) is 19.0. The molecular formula is C12H24N3O4S.